The van der Waals surface area contributed by atoms with Crippen LogP contribution in [0.15, 0.2) is 22.9 Å². The largest absolute Gasteiger partial charge is 0.360 e. The molecule has 0 spiro atoms. The summed E-state index contributed by atoms with van der Waals surface area (Å²) in [5.74, 6) is 1.02. The van der Waals surface area contributed by atoms with E-state index in [1.807, 2.05) is 20.8 Å². The normalized spacial score (nSPS) is 11.2. The molecule has 0 aliphatic heterocycles. The Labute approximate surface area is 116 Å². The molecule has 2 aromatic rings. The van der Waals surface area contributed by atoms with E-state index in [0.717, 1.165) is 0 Å². The van der Waals surface area contributed by atoms with Crippen LogP contribution in [-0.2, 0) is 0 Å². The smallest absolute Gasteiger partial charge is 0.275 e. The number of carbonyl (C=O) groups excluding carboxylic acids is 1. The average molecular weight is 275 g/mol. The Kier molecular flexibility index (Phi) is 3.69. The van der Waals surface area contributed by atoms with Crippen LogP contribution in [0.3, 0.4) is 0 Å². The molecule has 20 heavy (non-hydrogen) atoms. The first-order chi connectivity index (χ1) is 9.33. The minimum Gasteiger partial charge on any atom is -0.360 e. The predicted molar refractivity (Wildman–Crippen MR) is 74.6 cm³/mol. The fourth-order valence-electron chi connectivity index (χ4n) is 1.49. The quantitative estimate of drug-likeness (QED) is 0.892. The number of amides is 1. The highest BCUT2D eigenvalue weighted by molar-refractivity contribution is 6.02. The second-order valence-corrected chi connectivity index (χ2v) is 5.42. The SMILES string of the molecule is Cc1cc(NC(=O)c2ccnc(NC(C)(C)C)n2)no1. The molecule has 2 heterocycles. The summed E-state index contributed by atoms with van der Waals surface area (Å²) in [5, 5.41) is 9.41. The molecule has 0 aromatic carbocycles. The fraction of sp³-hybridized carbons (Fsp3) is 0.385. The zero-order valence-electron chi connectivity index (χ0n) is 11.9. The Bertz CT molecular complexity index is 615. The van der Waals surface area contributed by atoms with Crippen molar-refractivity contribution in [2.45, 2.75) is 33.2 Å². The van der Waals surface area contributed by atoms with E-state index in [9.17, 15) is 4.79 Å². The van der Waals surface area contributed by atoms with Gasteiger partial charge in [0, 0.05) is 17.8 Å². The van der Waals surface area contributed by atoms with Gasteiger partial charge in [0.1, 0.15) is 11.5 Å². The van der Waals surface area contributed by atoms with Gasteiger partial charge in [-0.15, -0.1) is 0 Å². The summed E-state index contributed by atoms with van der Waals surface area (Å²) in [5.41, 5.74) is 0.0746. The fourth-order valence-corrected chi connectivity index (χ4v) is 1.49. The lowest BCUT2D eigenvalue weighted by Gasteiger charge is -2.20. The van der Waals surface area contributed by atoms with Gasteiger partial charge in [-0.25, -0.2) is 9.97 Å². The van der Waals surface area contributed by atoms with Gasteiger partial charge < -0.3 is 15.2 Å². The summed E-state index contributed by atoms with van der Waals surface area (Å²) >= 11 is 0. The van der Waals surface area contributed by atoms with Crippen LogP contribution in [0.1, 0.15) is 37.0 Å². The molecule has 2 aromatic heterocycles. The Morgan fingerprint density at radius 2 is 2.10 bits per heavy atom. The standard InChI is InChI=1S/C13H17N5O2/c1-8-7-10(18-20-8)16-11(19)9-5-6-14-12(15-9)17-13(2,3)4/h5-7H,1-4H3,(H,14,15,17)(H,16,18,19). The van der Waals surface area contributed by atoms with Gasteiger partial charge in [-0.3, -0.25) is 4.79 Å². The second kappa shape index (κ2) is 5.28. The van der Waals surface area contributed by atoms with Crippen molar-refractivity contribution in [1.82, 2.24) is 15.1 Å². The van der Waals surface area contributed by atoms with E-state index < -0.39 is 0 Å². The van der Waals surface area contributed by atoms with E-state index in [2.05, 4.69) is 25.8 Å². The molecule has 0 saturated carbocycles. The summed E-state index contributed by atoms with van der Waals surface area (Å²) in [6.07, 6.45) is 1.53. The Morgan fingerprint density at radius 3 is 2.70 bits per heavy atom. The number of aryl methyl sites for hydroxylation is 1. The average Bonchev–Trinajstić information content (AvgIpc) is 2.73. The lowest BCUT2D eigenvalue weighted by Crippen LogP contribution is -2.28. The van der Waals surface area contributed by atoms with Gasteiger partial charge in [0.2, 0.25) is 5.95 Å². The Hall–Kier alpha value is -2.44. The van der Waals surface area contributed by atoms with Crippen molar-refractivity contribution >= 4 is 17.7 Å². The van der Waals surface area contributed by atoms with Crippen molar-refractivity contribution in [2.24, 2.45) is 0 Å². The number of anilines is 2. The van der Waals surface area contributed by atoms with Gasteiger partial charge in [-0.05, 0) is 33.8 Å². The van der Waals surface area contributed by atoms with Crippen molar-refractivity contribution in [1.29, 1.82) is 0 Å². The highest BCUT2D eigenvalue weighted by Crippen LogP contribution is 2.11. The molecular weight excluding hydrogens is 258 g/mol. The molecule has 0 saturated heterocycles. The zero-order valence-corrected chi connectivity index (χ0v) is 11.9. The van der Waals surface area contributed by atoms with Gasteiger partial charge in [-0.2, -0.15) is 0 Å². The monoisotopic (exact) mass is 275 g/mol. The van der Waals surface area contributed by atoms with Crippen LogP contribution in [0, 0.1) is 6.92 Å². The second-order valence-electron chi connectivity index (χ2n) is 5.42. The summed E-state index contributed by atoms with van der Waals surface area (Å²) in [7, 11) is 0. The maximum atomic E-state index is 12.0. The molecule has 7 nitrogen and oxygen atoms in total. The molecular formula is C13H17N5O2. The first kappa shape index (κ1) is 14.0. The molecule has 0 radical (unpaired) electrons. The molecule has 0 aliphatic carbocycles. The maximum absolute atomic E-state index is 12.0. The van der Waals surface area contributed by atoms with E-state index >= 15 is 0 Å². The third-order valence-electron chi connectivity index (χ3n) is 2.24. The first-order valence-corrected chi connectivity index (χ1v) is 6.19. The van der Waals surface area contributed by atoms with Crippen molar-refractivity contribution in [2.75, 3.05) is 10.6 Å². The van der Waals surface area contributed by atoms with Gasteiger partial charge in [0.05, 0.1) is 0 Å². The summed E-state index contributed by atoms with van der Waals surface area (Å²) < 4.78 is 4.88. The van der Waals surface area contributed by atoms with Gasteiger partial charge in [0.25, 0.3) is 5.91 Å². The molecule has 0 aliphatic rings. The lowest BCUT2D eigenvalue weighted by atomic mass is 10.1. The maximum Gasteiger partial charge on any atom is 0.275 e. The summed E-state index contributed by atoms with van der Waals surface area (Å²) in [4.78, 5) is 20.3. The molecule has 0 unspecified atom stereocenters. The number of nitrogens with one attached hydrogen (secondary N) is 2. The first-order valence-electron chi connectivity index (χ1n) is 6.19. The van der Waals surface area contributed by atoms with Gasteiger partial charge in [-0.1, -0.05) is 5.16 Å². The number of hydrogen-bond donors (Lipinski definition) is 2. The minimum atomic E-state index is -0.363. The van der Waals surface area contributed by atoms with Gasteiger partial charge >= 0.3 is 0 Å². The van der Waals surface area contributed by atoms with Crippen LogP contribution in [0.25, 0.3) is 0 Å². The summed E-state index contributed by atoms with van der Waals surface area (Å²) in [6.45, 7) is 7.71. The van der Waals surface area contributed by atoms with Crippen molar-refractivity contribution in [3.05, 3.63) is 29.8 Å². The van der Waals surface area contributed by atoms with Crippen LogP contribution in [-0.4, -0.2) is 26.6 Å². The summed E-state index contributed by atoms with van der Waals surface area (Å²) in [6, 6.07) is 3.17. The Morgan fingerprint density at radius 1 is 1.35 bits per heavy atom. The van der Waals surface area contributed by atoms with Crippen molar-refractivity contribution in [3.8, 4) is 0 Å². The Balaban J connectivity index is 2.12. The highest BCUT2D eigenvalue weighted by Gasteiger charge is 2.14. The van der Waals surface area contributed by atoms with E-state index in [4.69, 9.17) is 4.52 Å². The number of nitrogens with zero attached hydrogens (tertiary/aromatic N) is 3. The highest BCUT2D eigenvalue weighted by atomic mass is 16.5. The topological polar surface area (TPSA) is 92.9 Å². The van der Waals surface area contributed by atoms with E-state index in [1.165, 1.54) is 12.3 Å². The van der Waals surface area contributed by atoms with Crippen LogP contribution in [0.2, 0.25) is 0 Å². The third-order valence-corrected chi connectivity index (χ3v) is 2.24. The molecule has 0 atom stereocenters. The van der Waals surface area contributed by atoms with Crippen LogP contribution >= 0.6 is 0 Å². The van der Waals surface area contributed by atoms with E-state index in [1.54, 1.807) is 13.0 Å². The number of carbonyl (C=O) groups is 1. The molecule has 0 fully saturated rings. The van der Waals surface area contributed by atoms with Gasteiger partial charge in [0.15, 0.2) is 5.82 Å². The van der Waals surface area contributed by atoms with Crippen LogP contribution in [0.5, 0.6) is 0 Å². The molecule has 106 valence electrons. The van der Waals surface area contributed by atoms with E-state index in [-0.39, 0.29) is 17.1 Å². The molecule has 1 amide bonds. The molecule has 2 rings (SSSR count). The van der Waals surface area contributed by atoms with Crippen LogP contribution in [0.4, 0.5) is 11.8 Å². The number of aromatic nitrogens is 3. The number of hydrogen-bond acceptors (Lipinski definition) is 6. The number of rotatable bonds is 3. The van der Waals surface area contributed by atoms with Crippen molar-refractivity contribution in [3.63, 3.8) is 0 Å². The third kappa shape index (κ3) is 3.78. The molecule has 7 heteroatoms. The predicted octanol–water partition coefficient (Wildman–Crippen LogP) is 2.24. The molecule has 2 N–H and O–H groups in total. The van der Waals surface area contributed by atoms with Crippen molar-refractivity contribution < 1.29 is 9.32 Å². The zero-order chi connectivity index (χ0) is 14.8. The lowest BCUT2D eigenvalue weighted by molar-refractivity contribution is 0.102. The minimum absolute atomic E-state index is 0.182. The van der Waals surface area contributed by atoms with E-state index in [0.29, 0.717) is 17.5 Å². The molecule has 0 bridgehead atoms. The van der Waals surface area contributed by atoms with Crippen LogP contribution < -0.4 is 10.6 Å².